The van der Waals surface area contributed by atoms with Gasteiger partial charge in [0.2, 0.25) is 0 Å². The average molecular weight is 236 g/mol. The molecule has 0 fully saturated rings. The number of methoxy groups -OCH3 is 1. The molecule has 1 unspecified atom stereocenters. The zero-order valence-corrected chi connectivity index (χ0v) is 9.30. The Morgan fingerprint density at radius 3 is 2.88 bits per heavy atom. The molecule has 1 aromatic carbocycles. The molecule has 1 N–H and O–H groups in total. The minimum atomic E-state index is -1.05. The van der Waals surface area contributed by atoms with E-state index in [9.17, 15) is 9.59 Å². The highest BCUT2D eigenvalue weighted by Crippen LogP contribution is 2.29. The monoisotopic (exact) mass is 236 g/mol. The van der Waals surface area contributed by atoms with E-state index in [1.54, 1.807) is 18.2 Å². The van der Waals surface area contributed by atoms with Crippen LogP contribution < -0.4 is 0 Å². The largest absolute Gasteiger partial charge is 0.479 e. The lowest BCUT2D eigenvalue weighted by Gasteiger charge is -2.24. The van der Waals surface area contributed by atoms with Crippen molar-refractivity contribution in [3.05, 3.63) is 34.9 Å². The molecule has 1 aromatic rings. The third kappa shape index (κ3) is 2.01. The summed E-state index contributed by atoms with van der Waals surface area (Å²) in [7, 11) is 1.30. The Morgan fingerprint density at radius 1 is 1.47 bits per heavy atom. The summed E-state index contributed by atoms with van der Waals surface area (Å²) in [5, 5.41) is 9.03. The number of carboxylic acid groups (broad SMARTS) is 1. The van der Waals surface area contributed by atoms with Crippen molar-refractivity contribution in [1.82, 2.24) is 0 Å². The zero-order chi connectivity index (χ0) is 12.4. The number of carboxylic acids is 1. The molecule has 0 radical (unpaired) electrons. The molecule has 1 heterocycles. The van der Waals surface area contributed by atoms with Crippen molar-refractivity contribution in [3.63, 3.8) is 0 Å². The normalized spacial score (nSPS) is 18.3. The Morgan fingerprint density at radius 2 is 2.24 bits per heavy atom. The molecule has 0 saturated carbocycles. The van der Waals surface area contributed by atoms with Gasteiger partial charge in [-0.05, 0) is 23.6 Å². The van der Waals surface area contributed by atoms with Crippen LogP contribution >= 0.6 is 0 Å². The van der Waals surface area contributed by atoms with Crippen LogP contribution in [0.4, 0.5) is 0 Å². The van der Waals surface area contributed by atoms with E-state index in [1.165, 1.54) is 7.11 Å². The van der Waals surface area contributed by atoms with Gasteiger partial charge < -0.3 is 14.6 Å². The van der Waals surface area contributed by atoms with Gasteiger partial charge >= 0.3 is 11.9 Å². The summed E-state index contributed by atoms with van der Waals surface area (Å²) in [5.74, 6) is -1.50. The van der Waals surface area contributed by atoms with Crippen LogP contribution in [-0.4, -0.2) is 30.8 Å². The first-order chi connectivity index (χ1) is 8.15. The molecule has 1 atom stereocenters. The van der Waals surface area contributed by atoms with Gasteiger partial charge in [0.1, 0.15) is 0 Å². The molecule has 0 bridgehead atoms. The Hall–Kier alpha value is -1.88. The van der Waals surface area contributed by atoms with Crippen LogP contribution in [0, 0.1) is 0 Å². The van der Waals surface area contributed by atoms with Crippen molar-refractivity contribution in [2.75, 3.05) is 13.7 Å². The molecule has 0 spiro atoms. The maximum Gasteiger partial charge on any atom is 0.338 e. The zero-order valence-electron chi connectivity index (χ0n) is 9.30. The third-order valence-corrected chi connectivity index (χ3v) is 2.76. The lowest BCUT2D eigenvalue weighted by molar-refractivity contribution is -0.151. The molecule has 1 aliphatic rings. The number of rotatable bonds is 2. The summed E-state index contributed by atoms with van der Waals surface area (Å²) in [6.07, 6.45) is -0.479. The molecule has 5 heteroatoms. The molecule has 90 valence electrons. The van der Waals surface area contributed by atoms with E-state index in [4.69, 9.17) is 9.84 Å². The first-order valence-electron chi connectivity index (χ1n) is 5.19. The van der Waals surface area contributed by atoms with Crippen LogP contribution in [0.5, 0.6) is 0 Å². The third-order valence-electron chi connectivity index (χ3n) is 2.76. The highest BCUT2D eigenvalue weighted by Gasteiger charge is 2.29. The summed E-state index contributed by atoms with van der Waals surface area (Å²) < 4.78 is 9.85. The number of esters is 1. The Labute approximate surface area is 98.0 Å². The van der Waals surface area contributed by atoms with Crippen LogP contribution in [0.15, 0.2) is 18.2 Å². The molecule has 0 aromatic heterocycles. The molecule has 2 rings (SSSR count). The predicted molar refractivity (Wildman–Crippen MR) is 57.8 cm³/mol. The molecule has 0 amide bonds. The number of hydrogen-bond acceptors (Lipinski definition) is 4. The van der Waals surface area contributed by atoms with E-state index < -0.39 is 18.0 Å². The molecule has 17 heavy (non-hydrogen) atoms. The van der Waals surface area contributed by atoms with Crippen LogP contribution in [0.2, 0.25) is 0 Å². The summed E-state index contributed by atoms with van der Waals surface area (Å²) in [6, 6.07) is 4.93. The summed E-state index contributed by atoms with van der Waals surface area (Å²) in [5.41, 5.74) is 1.66. The maximum atomic E-state index is 11.6. The topological polar surface area (TPSA) is 72.8 Å². The molecule has 5 nitrogen and oxygen atoms in total. The highest BCUT2D eigenvalue weighted by molar-refractivity contribution is 5.92. The smallest absolute Gasteiger partial charge is 0.338 e. The van der Waals surface area contributed by atoms with Crippen molar-refractivity contribution < 1.29 is 24.2 Å². The Kier molecular flexibility index (Phi) is 3.10. The number of carbonyl (C=O) groups excluding carboxylic acids is 1. The van der Waals surface area contributed by atoms with Gasteiger partial charge in [0.25, 0.3) is 0 Å². The average Bonchev–Trinajstić information content (AvgIpc) is 2.36. The summed E-state index contributed by atoms with van der Waals surface area (Å²) in [4.78, 5) is 22.6. The number of benzene rings is 1. The van der Waals surface area contributed by atoms with Crippen LogP contribution in [0.3, 0.4) is 0 Å². The van der Waals surface area contributed by atoms with Crippen molar-refractivity contribution >= 4 is 11.9 Å². The van der Waals surface area contributed by atoms with E-state index >= 15 is 0 Å². The van der Waals surface area contributed by atoms with Gasteiger partial charge in [0.15, 0.2) is 6.10 Å². The van der Waals surface area contributed by atoms with Crippen molar-refractivity contribution in [1.29, 1.82) is 0 Å². The van der Waals surface area contributed by atoms with Gasteiger partial charge in [-0.2, -0.15) is 0 Å². The number of ether oxygens (including phenoxy) is 2. The lowest BCUT2D eigenvalue weighted by Crippen LogP contribution is -2.25. The summed E-state index contributed by atoms with van der Waals surface area (Å²) in [6.45, 7) is 0.290. The van der Waals surface area contributed by atoms with Crippen LogP contribution in [0.1, 0.15) is 27.6 Å². The second-order valence-electron chi connectivity index (χ2n) is 3.70. The minimum Gasteiger partial charge on any atom is -0.479 e. The summed E-state index contributed by atoms with van der Waals surface area (Å²) >= 11 is 0. The van der Waals surface area contributed by atoms with Gasteiger partial charge in [0.05, 0.1) is 19.3 Å². The van der Waals surface area contributed by atoms with Crippen LogP contribution in [0.25, 0.3) is 0 Å². The Bertz CT molecular complexity index is 466. The second-order valence-corrected chi connectivity index (χ2v) is 3.70. The first-order valence-corrected chi connectivity index (χ1v) is 5.19. The van der Waals surface area contributed by atoms with E-state index in [0.717, 1.165) is 0 Å². The van der Waals surface area contributed by atoms with Crippen molar-refractivity contribution in [2.24, 2.45) is 0 Å². The number of hydrogen-bond donors (Lipinski definition) is 1. The standard InChI is InChI=1S/C12H12O5/c1-16-12(15)9-4-2-3-8-7(9)5-6-17-10(8)11(13)14/h2-4,10H,5-6H2,1H3,(H,13,14). The molecule has 0 aliphatic carbocycles. The molecular formula is C12H12O5. The number of fused-ring (bicyclic) bond motifs is 1. The second kappa shape index (κ2) is 4.55. The van der Waals surface area contributed by atoms with Crippen molar-refractivity contribution in [3.8, 4) is 0 Å². The van der Waals surface area contributed by atoms with E-state index in [-0.39, 0.29) is 6.61 Å². The molecular weight excluding hydrogens is 224 g/mol. The maximum absolute atomic E-state index is 11.6. The van der Waals surface area contributed by atoms with Gasteiger partial charge in [0, 0.05) is 0 Å². The molecule has 1 aliphatic heterocycles. The SMILES string of the molecule is COC(=O)c1cccc2c1CCOC2C(=O)O. The Balaban J connectivity index is 2.51. The molecule has 0 saturated heterocycles. The van der Waals surface area contributed by atoms with Crippen molar-refractivity contribution in [2.45, 2.75) is 12.5 Å². The van der Waals surface area contributed by atoms with E-state index in [2.05, 4.69) is 4.74 Å². The van der Waals surface area contributed by atoms with Gasteiger partial charge in [-0.25, -0.2) is 9.59 Å². The fraction of sp³-hybridized carbons (Fsp3) is 0.333. The first kappa shape index (κ1) is 11.6. The fourth-order valence-electron chi connectivity index (χ4n) is 2.00. The van der Waals surface area contributed by atoms with Gasteiger partial charge in [-0.15, -0.1) is 0 Å². The highest BCUT2D eigenvalue weighted by atomic mass is 16.5. The van der Waals surface area contributed by atoms with Crippen LogP contribution in [-0.2, 0) is 20.7 Å². The van der Waals surface area contributed by atoms with E-state index in [0.29, 0.717) is 23.1 Å². The quantitative estimate of drug-likeness (QED) is 0.780. The number of aliphatic carboxylic acids is 1. The fourth-order valence-corrected chi connectivity index (χ4v) is 2.00. The van der Waals surface area contributed by atoms with Gasteiger partial charge in [-0.3, -0.25) is 0 Å². The van der Waals surface area contributed by atoms with Gasteiger partial charge in [-0.1, -0.05) is 12.1 Å². The number of carbonyl (C=O) groups is 2. The minimum absolute atomic E-state index is 0.290. The predicted octanol–water partition coefficient (Wildman–Crippen LogP) is 1.17. The van der Waals surface area contributed by atoms with E-state index in [1.807, 2.05) is 0 Å². The lowest BCUT2D eigenvalue weighted by atomic mass is 9.93.